The minimum Gasteiger partial charge on any atom is -0.358 e. The normalized spacial score (nSPS) is 25.2. The van der Waals surface area contributed by atoms with Crippen molar-refractivity contribution >= 4 is 27.5 Å². The Balaban J connectivity index is 1.82. The SMILES string of the molecule is CNC(=O)CN(C)c1nccc(N2CCN[C@@H]3CS(=O)(=O)C[C@@H]32)n1. The number of amides is 1. The van der Waals surface area contributed by atoms with Crippen LogP contribution in [0.5, 0.6) is 0 Å². The largest absolute Gasteiger partial charge is 0.358 e. The van der Waals surface area contributed by atoms with Gasteiger partial charge in [-0.25, -0.2) is 13.4 Å². The molecule has 24 heavy (non-hydrogen) atoms. The number of piperazine rings is 1. The van der Waals surface area contributed by atoms with Gasteiger partial charge in [0.2, 0.25) is 11.9 Å². The predicted molar refractivity (Wildman–Crippen MR) is 90.9 cm³/mol. The number of carbonyl (C=O) groups excluding carboxylic acids is 1. The molecule has 0 aromatic carbocycles. The van der Waals surface area contributed by atoms with E-state index in [1.165, 1.54) is 0 Å². The molecular weight excluding hydrogens is 332 g/mol. The molecule has 132 valence electrons. The van der Waals surface area contributed by atoms with E-state index in [0.717, 1.165) is 0 Å². The van der Waals surface area contributed by atoms with Crippen molar-refractivity contribution in [1.29, 1.82) is 0 Å². The van der Waals surface area contributed by atoms with Crippen molar-refractivity contribution in [2.75, 3.05) is 55.0 Å². The first kappa shape index (κ1) is 16.9. The summed E-state index contributed by atoms with van der Waals surface area (Å²) >= 11 is 0. The molecule has 2 fully saturated rings. The predicted octanol–water partition coefficient (Wildman–Crippen LogP) is -1.77. The monoisotopic (exact) mass is 354 g/mol. The molecule has 0 saturated carbocycles. The number of hydrogen-bond donors (Lipinski definition) is 2. The zero-order chi connectivity index (χ0) is 17.3. The number of sulfone groups is 1. The summed E-state index contributed by atoms with van der Waals surface area (Å²) < 4.78 is 23.9. The van der Waals surface area contributed by atoms with Crippen LogP contribution in [0.1, 0.15) is 0 Å². The number of aromatic nitrogens is 2. The van der Waals surface area contributed by atoms with E-state index in [1.54, 1.807) is 31.3 Å². The van der Waals surface area contributed by atoms with Crippen LogP contribution in [0, 0.1) is 0 Å². The van der Waals surface area contributed by atoms with Crippen LogP contribution in [0.15, 0.2) is 12.3 Å². The number of carbonyl (C=O) groups is 1. The minimum absolute atomic E-state index is 0.0641. The van der Waals surface area contributed by atoms with Gasteiger partial charge in [0.1, 0.15) is 5.82 Å². The van der Waals surface area contributed by atoms with Crippen molar-refractivity contribution < 1.29 is 13.2 Å². The van der Waals surface area contributed by atoms with E-state index >= 15 is 0 Å². The maximum atomic E-state index is 12.0. The second kappa shape index (κ2) is 6.52. The molecule has 1 amide bonds. The Hall–Kier alpha value is -1.94. The van der Waals surface area contributed by atoms with Crippen molar-refractivity contribution in [1.82, 2.24) is 20.6 Å². The number of likely N-dealkylation sites (N-methyl/N-ethyl adjacent to an activating group) is 2. The summed E-state index contributed by atoms with van der Waals surface area (Å²) in [6.07, 6.45) is 1.64. The molecule has 0 radical (unpaired) electrons. The molecule has 0 bridgehead atoms. The van der Waals surface area contributed by atoms with Crippen LogP contribution in [0.2, 0.25) is 0 Å². The van der Waals surface area contributed by atoms with E-state index in [-0.39, 0.29) is 36.0 Å². The third-order valence-electron chi connectivity index (χ3n) is 4.41. The number of nitrogens with one attached hydrogen (secondary N) is 2. The summed E-state index contributed by atoms with van der Waals surface area (Å²) in [4.78, 5) is 23.9. The summed E-state index contributed by atoms with van der Waals surface area (Å²) in [7, 11) is 0.297. The van der Waals surface area contributed by atoms with E-state index in [9.17, 15) is 13.2 Å². The zero-order valence-electron chi connectivity index (χ0n) is 13.8. The quantitative estimate of drug-likeness (QED) is 0.654. The molecule has 0 aliphatic carbocycles. The third-order valence-corrected chi connectivity index (χ3v) is 6.12. The van der Waals surface area contributed by atoms with Gasteiger partial charge in [-0.05, 0) is 6.07 Å². The average molecular weight is 354 g/mol. The van der Waals surface area contributed by atoms with Crippen molar-refractivity contribution in [3.8, 4) is 0 Å². The van der Waals surface area contributed by atoms with Gasteiger partial charge in [-0.3, -0.25) is 4.79 Å². The van der Waals surface area contributed by atoms with Crippen molar-refractivity contribution in [2.24, 2.45) is 0 Å². The van der Waals surface area contributed by atoms with Crippen LogP contribution in [-0.4, -0.2) is 81.6 Å². The number of hydrogen-bond acceptors (Lipinski definition) is 8. The van der Waals surface area contributed by atoms with Gasteiger partial charge >= 0.3 is 0 Å². The van der Waals surface area contributed by atoms with E-state index in [2.05, 4.69) is 20.6 Å². The topological polar surface area (TPSA) is 108 Å². The Morgan fingerprint density at radius 1 is 1.50 bits per heavy atom. The molecule has 2 aliphatic rings. The zero-order valence-corrected chi connectivity index (χ0v) is 14.6. The standard InChI is InChI=1S/C14H22N6O3S/c1-15-13(21)7-19(2)14-17-4-3-12(18-14)20-6-5-16-10-8-24(22,23)9-11(10)20/h3-4,10-11,16H,5-9H2,1-2H3,(H,15,21)/t10-,11+/m1/s1. The average Bonchev–Trinajstić information content (AvgIpc) is 2.88. The highest BCUT2D eigenvalue weighted by molar-refractivity contribution is 7.91. The van der Waals surface area contributed by atoms with E-state index in [4.69, 9.17) is 0 Å². The third kappa shape index (κ3) is 3.44. The Morgan fingerprint density at radius 2 is 2.29 bits per heavy atom. The second-order valence-electron chi connectivity index (χ2n) is 6.14. The van der Waals surface area contributed by atoms with E-state index in [1.807, 2.05) is 4.90 Å². The van der Waals surface area contributed by atoms with Gasteiger partial charge in [-0.15, -0.1) is 0 Å². The Bertz CT molecular complexity index is 725. The summed E-state index contributed by atoms with van der Waals surface area (Å²) in [5, 5.41) is 5.84. The molecule has 3 heterocycles. The fourth-order valence-electron chi connectivity index (χ4n) is 3.20. The molecule has 0 spiro atoms. The Labute approximate surface area is 141 Å². The Morgan fingerprint density at radius 3 is 3.04 bits per heavy atom. The first-order valence-electron chi connectivity index (χ1n) is 7.85. The summed E-state index contributed by atoms with van der Waals surface area (Å²) in [6, 6.07) is 1.60. The van der Waals surface area contributed by atoms with Gasteiger partial charge in [0.25, 0.3) is 0 Å². The van der Waals surface area contributed by atoms with Crippen molar-refractivity contribution in [3.05, 3.63) is 12.3 Å². The van der Waals surface area contributed by atoms with Crippen molar-refractivity contribution in [2.45, 2.75) is 12.1 Å². The first-order chi connectivity index (χ1) is 11.4. The smallest absolute Gasteiger partial charge is 0.239 e. The number of rotatable bonds is 4. The molecule has 2 atom stereocenters. The molecule has 3 rings (SSSR count). The fourth-order valence-corrected chi connectivity index (χ4v) is 5.16. The molecule has 2 saturated heterocycles. The lowest BCUT2D eigenvalue weighted by atomic mass is 10.1. The molecule has 2 N–H and O–H groups in total. The summed E-state index contributed by atoms with van der Waals surface area (Å²) in [6.45, 7) is 1.55. The summed E-state index contributed by atoms with van der Waals surface area (Å²) in [5.74, 6) is 1.31. The molecule has 1 aromatic rings. The lowest BCUT2D eigenvalue weighted by Crippen LogP contribution is -2.57. The van der Waals surface area contributed by atoms with Gasteiger partial charge in [-0.1, -0.05) is 0 Å². The summed E-state index contributed by atoms with van der Waals surface area (Å²) in [5.41, 5.74) is 0. The molecule has 1 aromatic heterocycles. The van der Waals surface area contributed by atoms with Gasteiger partial charge in [0, 0.05) is 39.4 Å². The maximum absolute atomic E-state index is 12.0. The van der Waals surface area contributed by atoms with E-state index in [0.29, 0.717) is 24.9 Å². The molecular formula is C14H22N6O3S. The van der Waals surface area contributed by atoms with Crippen LogP contribution in [0.3, 0.4) is 0 Å². The molecule has 2 aliphatic heterocycles. The van der Waals surface area contributed by atoms with Gasteiger partial charge in [0.05, 0.1) is 24.1 Å². The van der Waals surface area contributed by atoms with Crippen LogP contribution in [-0.2, 0) is 14.6 Å². The lowest BCUT2D eigenvalue weighted by molar-refractivity contribution is -0.119. The highest BCUT2D eigenvalue weighted by atomic mass is 32.2. The highest BCUT2D eigenvalue weighted by Crippen LogP contribution is 2.26. The van der Waals surface area contributed by atoms with Crippen molar-refractivity contribution in [3.63, 3.8) is 0 Å². The van der Waals surface area contributed by atoms with Gasteiger partial charge < -0.3 is 20.4 Å². The van der Waals surface area contributed by atoms with E-state index < -0.39 is 9.84 Å². The Kier molecular flexibility index (Phi) is 4.59. The highest BCUT2D eigenvalue weighted by Gasteiger charge is 2.43. The van der Waals surface area contributed by atoms with Crippen LogP contribution in [0.4, 0.5) is 11.8 Å². The molecule has 0 unspecified atom stereocenters. The van der Waals surface area contributed by atoms with Crippen LogP contribution < -0.4 is 20.4 Å². The fraction of sp³-hybridized carbons (Fsp3) is 0.643. The van der Waals surface area contributed by atoms with Crippen LogP contribution >= 0.6 is 0 Å². The van der Waals surface area contributed by atoms with Gasteiger partial charge in [0.15, 0.2) is 9.84 Å². The number of nitrogens with zero attached hydrogens (tertiary/aromatic N) is 4. The van der Waals surface area contributed by atoms with Gasteiger partial charge in [-0.2, -0.15) is 4.98 Å². The lowest BCUT2D eigenvalue weighted by Gasteiger charge is -2.38. The number of fused-ring (bicyclic) bond motifs is 1. The number of anilines is 2. The van der Waals surface area contributed by atoms with Crippen LogP contribution in [0.25, 0.3) is 0 Å². The molecule has 9 nitrogen and oxygen atoms in total. The minimum atomic E-state index is -3.03. The first-order valence-corrected chi connectivity index (χ1v) is 9.67. The second-order valence-corrected chi connectivity index (χ2v) is 8.30. The maximum Gasteiger partial charge on any atom is 0.239 e. The molecule has 10 heteroatoms.